The average Bonchev–Trinajstić information content (AvgIpc) is 3.07. The third kappa shape index (κ3) is 3.91. The fourth-order valence-corrected chi connectivity index (χ4v) is 3.27. The number of nitrogens with zero attached hydrogens (tertiary/aromatic N) is 2. The zero-order valence-electron chi connectivity index (χ0n) is 13.7. The van der Waals surface area contributed by atoms with Gasteiger partial charge in [-0.3, -0.25) is 14.6 Å². The molecule has 1 aromatic heterocycles. The van der Waals surface area contributed by atoms with E-state index in [1.807, 2.05) is 0 Å². The van der Waals surface area contributed by atoms with Gasteiger partial charge in [-0.1, -0.05) is 6.07 Å². The molecule has 2 fully saturated rings. The van der Waals surface area contributed by atoms with Crippen LogP contribution in [0.15, 0.2) is 24.4 Å². The molecule has 0 unspecified atom stereocenters. The smallest absolute Gasteiger partial charge is 0.272 e. The van der Waals surface area contributed by atoms with E-state index in [-0.39, 0.29) is 24.3 Å². The average molecular weight is 332 g/mol. The van der Waals surface area contributed by atoms with Crippen molar-refractivity contribution in [2.45, 2.75) is 24.9 Å². The van der Waals surface area contributed by atoms with Crippen LogP contribution in [0.5, 0.6) is 0 Å². The molecule has 2 amide bonds. The molecule has 24 heavy (non-hydrogen) atoms. The molecule has 0 bridgehead atoms. The van der Waals surface area contributed by atoms with Gasteiger partial charge < -0.3 is 20.6 Å². The highest BCUT2D eigenvalue weighted by Gasteiger charge is 2.33. The number of pyridine rings is 1. The number of carbonyl (C=O) groups excluding carboxylic acids is 2. The van der Waals surface area contributed by atoms with Crippen molar-refractivity contribution in [2.75, 3.05) is 32.7 Å². The highest BCUT2D eigenvalue weighted by atomic mass is 16.3. The number of rotatable bonds is 4. The lowest BCUT2D eigenvalue weighted by atomic mass is 9.95. The van der Waals surface area contributed by atoms with Crippen molar-refractivity contribution in [1.82, 2.24) is 20.5 Å². The molecule has 7 heteroatoms. The summed E-state index contributed by atoms with van der Waals surface area (Å²) in [4.78, 5) is 30.5. The van der Waals surface area contributed by atoms with Gasteiger partial charge in [0.05, 0.1) is 5.60 Å². The summed E-state index contributed by atoms with van der Waals surface area (Å²) in [5, 5.41) is 16.2. The van der Waals surface area contributed by atoms with Crippen molar-refractivity contribution in [3.05, 3.63) is 30.1 Å². The number of likely N-dealkylation sites (tertiary alicyclic amines) is 1. The van der Waals surface area contributed by atoms with Gasteiger partial charge in [-0.05, 0) is 37.9 Å². The van der Waals surface area contributed by atoms with Crippen molar-refractivity contribution >= 4 is 11.8 Å². The Bertz CT molecular complexity index is 579. The molecule has 1 atom stereocenters. The van der Waals surface area contributed by atoms with E-state index in [0.717, 1.165) is 6.54 Å². The lowest BCUT2D eigenvalue weighted by Gasteiger charge is -2.32. The monoisotopic (exact) mass is 332 g/mol. The number of aliphatic hydroxyl groups is 1. The molecule has 0 saturated carbocycles. The van der Waals surface area contributed by atoms with Gasteiger partial charge in [0.2, 0.25) is 5.91 Å². The van der Waals surface area contributed by atoms with E-state index in [9.17, 15) is 14.7 Å². The predicted molar refractivity (Wildman–Crippen MR) is 88.3 cm³/mol. The van der Waals surface area contributed by atoms with Crippen LogP contribution in [0.2, 0.25) is 0 Å². The number of carbonyl (C=O) groups is 2. The van der Waals surface area contributed by atoms with Crippen LogP contribution in [0.1, 0.15) is 29.8 Å². The highest BCUT2D eigenvalue weighted by molar-refractivity contribution is 5.92. The molecular formula is C17H24N4O3. The summed E-state index contributed by atoms with van der Waals surface area (Å²) in [7, 11) is 0. The summed E-state index contributed by atoms with van der Waals surface area (Å²) < 4.78 is 0. The van der Waals surface area contributed by atoms with E-state index in [4.69, 9.17) is 0 Å². The minimum Gasteiger partial charge on any atom is -0.387 e. The molecule has 130 valence electrons. The van der Waals surface area contributed by atoms with Crippen LogP contribution < -0.4 is 10.6 Å². The van der Waals surface area contributed by atoms with Gasteiger partial charge in [0.1, 0.15) is 5.69 Å². The minimum absolute atomic E-state index is 0.0275. The second-order valence-electron chi connectivity index (χ2n) is 6.65. The number of piperidine rings is 1. The Labute approximate surface area is 141 Å². The Hall–Kier alpha value is -1.99. The molecule has 0 aromatic carbocycles. The zero-order valence-corrected chi connectivity index (χ0v) is 13.7. The molecule has 2 aliphatic heterocycles. The second kappa shape index (κ2) is 7.27. The maximum absolute atomic E-state index is 12.3. The Balaban J connectivity index is 1.46. The van der Waals surface area contributed by atoms with Gasteiger partial charge >= 0.3 is 0 Å². The van der Waals surface area contributed by atoms with E-state index in [1.54, 1.807) is 29.3 Å². The molecule has 2 saturated heterocycles. The highest BCUT2D eigenvalue weighted by Crippen LogP contribution is 2.19. The first-order valence-corrected chi connectivity index (χ1v) is 8.48. The summed E-state index contributed by atoms with van der Waals surface area (Å²) in [5.41, 5.74) is -0.387. The lowest BCUT2D eigenvalue weighted by molar-refractivity contribution is -0.127. The van der Waals surface area contributed by atoms with Crippen molar-refractivity contribution in [3.63, 3.8) is 0 Å². The van der Waals surface area contributed by atoms with Crippen LogP contribution in [0, 0.1) is 5.92 Å². The summed E-state index contributed by atoms with van der Waals surface area (Å²) in [6, 6.07) is 5.28. The number of β-amino-alcohol motifs (C(OH)–C–C–N with tert-alkyl or cyclic N) is 1. The van der Waals surface area contributed by atoms with E-state index in [1.165, 1.54) is 0 Å². The second-order valence-corrected chi connectivity index (χ2v) is 6.65. The van der Waals surface area contributed by atoms with Crippen LogP contribution in [0.4, 0.5) is 0 Å². The van der Waals surface area contributed by atoms with Gasteiger partial charge in [0.25, 0.3) is 5.91 Å². The number of hydrogen-bond donors (Lipinski definition) is 3. The van der Waals surface area contributed by atoms with E-state index < -0.39 is 5.60 Å². The van der Waals surface area contributed by atoms with Gasteiger partial charge in [-0.15, -0.1) is 0 Å². The molecule has 1 aromatic rings. The van der Waals surface area contributed by atoms with Crippen molar-refractivity contribution in [3.8, 4) is 0 Å². The topological polar surface area (TPSA) is 94.6 Å². The predicted octanol–water partition coefficient (Wildman–Crippen LogP) is -0.226. The van der Waals surface area contributed by atoms with Crippen LogP contribution in [-0.2, 0) is 4.79 Å². The summed E-state index contributed by atoms with van der Waals surface area (Å²) in [6.45, 7) is 2.69. The Kier molecular flexibility index (Phi) is 5.11. The Morgan fingerprint density at radius 2 is 2.17 bits per heavy atom. The fraction of sp³-hybridized carbons (Fsp3) is 0.588. The number of nitrogens with one attached hydrogen (secondary N) is 2. The molecule has 2 aliphatic rings. The van der Waals surface area contributed by atoms with Crippen molar-refractivity contribution < 1.29 is 14.7 Å². The van der Waals surface area contributed by atoms with Crippen LogP contribution >= 0.6 is 0 Å². The van der Waals surface area contributed by atoms with Gasteiger partial charge in [0.15, 0.2) is 0 Å². The van der Waals surface area contributed by atoms with E-state index in [2.05, 4.69) is 15.6 Å². The number of aromatic nitrogens is 1. The van der Waals surface area contributed by atoms with Crippen molar-refractivity contribution in [2.24, 2.45) is 5.92 Å². The molecule has 0 spiro atoms. The van der Waals surface area contributed by atoms with Gasteiger partial charge in [-0.25, -0.2) is 0 Å². The quantitative estimate of drug-likeness (QED) is 0.708. The molecule has 0 aliphatic carbocycles. The van der Waals surface area contributed by atoms with E-state index >= 15 is 0 Å². The third-order valence-corrected chi connectivity index (χ3v) is 4.85. The van der Waals surface area contributed by atoms with Crippen molar-refractivity contribution in [1.29, 1.82) is 0 Å². The first kappa shape index (κ1) is 16.9. The first-order valence-electron chi connectivity index (χ1n) is 8.48. The van der Waals surface area contributed by atoms with Crippen LogP contribution in [0.3, 0.4) is 0 Å². The van der Waals surface area contributed by atoms with E-state index in [0.29, 0.717) is 44.6 Å². The fourth-order valence-electron chi connectivity index (χ4n) is 3.27. The largest absolute Gasteiger partial charge is 0.387 e. The molecule has 3 N–H and O–H groups in total. The molecule has 3 rings (SSSR count). The molecule has 0 radical (unpaired) electrons. The summed E-state index contributed by atoms with van der Waals surface area (Å²) in [5.74, 6) is -0.211. The zero-order chi connectivity index (χ0) is 17.0. The number of amides is 2. The Morgan fingerprint density at radius 3 is 2.79 bits per heavy atom. The third-order valence-electron chi connectivity index (χ3n) is 4.85. The maximum Gasteiger partial charge on any atom is 0.272 e. The van der Waals surface area contributed by atoms with Gasteiger partial charge in [0, 0.05) is 38.3 Å². The number of hydrogen-bond acceptors (Lipinski definition) is 5. The lowest BCUT2D eigenvalue weighted by Crippen LogP contribution is -2.48. The normalized spacial score (nSPS) is 24.8. The minimum atomic E-state index is -0.828. The van der Waals surface area contributed by atoms with Crippen LogP contribution in [-0.4, -0.2) is 65.1 Å². The SMILES string of the molecule is O=C(NC[C@@]1(O)CCNC1)C1CCN(C(=O)c2ccccn2)CC1. The molecular weight excluding hydrogens is 308 g/mol. The molecule has 3 heterocycles. The van der Waals surface area contributed by atoms with Gasteiger partial charge in [-0.2, -0.15) is 0 Å². The maximum atomic E-state index is 12.3. The summed E-state index contributed by atoms with van der Waals surface area (Å²) >= 11 is 0. The molecule has 7 nitrogen and oxygen atoms in total. The van der Waals surface area contributed by atoms with Crippen LogP contribution in [0.25, 0.3) is 0 Å². The summed E-state index contributed by atoms with van der Waals surface area (Å²) in [6.07, 6.45) is 3.54. The standard InChI is InChI=1S/C17H24N4O3/c22-15(20-12-17(24)6-8-18-11-17)13-4-9-21(10-5-13)16(23)14-3-1-2-7-19-14/h1-3,7,13,18,24H,4-6,8-12H2,(H,20,22)/t17-/m1/s1. The Morgan fingerprint density at radius 1 is 1.38 bits per heavy atom. The first-order chi connectivity index (χ1) is 11.6.